The van der Waals surface area contributed by atoms with Crippen molar-refractivity contribution in [2.45, 2.75) is 46.1 Å². The summed E-state index contributed by atoms with van der Waals surface area (Å²) >= 11 is 0. The number of benzene rings is 4. The van der Waals surface area contributed by atoms with Crippen LogP contribution in [0.4, 0.5) is 0 Å². The number of hydrogen-bond donors (Lipinski definition) is 0. The molecule has 0 radical (unpaired) electrons. The summed E-state index contributed by atoms with van der Waals surface area (Å²) in [7, 11) is -3.83. The molecule has 0 spiro atoms. The summed E-state index contributed by atoms with van der Waals surface area (Å²) < 4.78 is 29.3. The molecule has 4 aromatic rings. The van der Waals surface area contributed by atoms with Gasteiger partial charge >= 0.3 is 0 Å². The number of carbonyl (C=O) groups is 1. The highest BCUT2D eigenvalue weighted by Gasteiger charge is 2.29. The quantitative estimate of drug-likeness (QED) is 0.257. The predicted molar refractivity (Wildman–Crippen MR) is 158 cm³/mol. The first-order chi connectivity index (χ1) is 18.6. The average molecular weight is 536 g/mol. The molecular weight excluding hydrogens is 502 g/mol. The Hall–Kier alpha value is -3.80. The number of Topliss-reactive ketones (excluding diaryl/α,β-unsaturated/α-hetero) is 1. The normalized spacial score (nSPS) is 15.3. The van der Waals surface area contributed by atoms with E-state index in [0.717, 1.165) is 50.1 Å². The second-order valence-corrected chi connectivity index (χ2v) is 12.5. The van der Waals surface area contributed by atoms with Crippen LogP contribution < -0.4 is 0 Å². The van der Waals surface area contributed by atoms with Crippen LogP contribution in [0.15, 0.2) is 89.8 Å². The molecule has 4 nitrogen and oxygen atoms in total. The number of ketones is 1. The summed E-state index contributed by atoms with van der Waals surface area (Å²) in [6.45, 7) is 10.2. The molecule has 1 heterocycles. The van der Waals surface area contributed by atoms with Gasteiger partial charge in [0.05, 0.1) is 4.90 Å². The van der Waals surface area contributed by atoms with Gasteiger partial charge in [-0.05, 0) is 91.8 Å². The van der Waals surface area contributed by atoms with E-state index in [1.807, 2.05) is 95.3 Å². The lowest BCUT2D eigenvalue weighted by Crippen LogP contribution is -2.31. The third-order valence-electron chi connectivity index (χ3n) is 7.61. The number of sulfonamides is 1. The van der Waals surface area contributed by atoms with E-state index in [4.69, 9.17) is 0 Å². The molecular formula is C34H33NO3S. The van der Waals surface area contributed by atoms with Crippen LogP contribution in [0.2, 0.25) is 0 Å². The number of fused-ring (bicyclic) bond motifs is 3. The molecule has 39 heavy (non-hydrogen) atoms. The van der Waals surface area contributed by atoms with Gasteiger partial charge in [-0.15, -0.1) is 0 Å². The predicted octanol–water partition coefficient (Wildman–Crippen LogP) is 7.37. The Morgan fingerprint density at radius 2 is 1.36 bits per heavy atom. The van der Waals surface area contributed by atoms with Crippen molar-refractivity contribution in [1.29, 1.82) is 0 Å². The molecule has 0 amide bonds. The summed E-state index contributed by atoms with van der Waals surface area (Å²) in [5, 5.41) is 0. The van der Waals surface area contributed by atoms with Crippen LogP contribution in [0.5, 0.6) is 0 Å². The molecule has 0 aliphatic carbocycles. The van der Waals surface area contributed by atoms with Gasteiger partial charge in [-0.1, -0.05) is 77.9 Å². The van der Waals surface area contributed by atoms with Crippen LogP contribution >= 0.6 is 0 Å². The van der Waals surface area contributed by atoms with Crippen molar-refractivity contribution in [2.75, 3.05) is 6.54 Å². The van der Waals surface area contributed by atoms with Gasteiger partial charge in [-0.3, -0.25) is 4.79 Å². The number of carbonyl (C=O) groups excluding carboxylic acids is 1. The third-order valence-corrected chi connectivity index (χ3v) is 9.43. The molecule has 0 atom stereocenters. The molecule has 5 heteroatoms. The van der Waals surface area contributed by atoms with Crippen molar-refractivity contribution in [3.8, 4) is 11.1 Å². The van der Waals surface area contributed by atoms with E-state index in [9.17, 15) is 13.2 Å². The van der Waals surface area contributed by atoms with Gasteiger partial charge in [0, 0.05) is 24.2 Å². The van der Waals surface area contributed by atoms with Gasteiger partial charge in [-0.25, -0.2) is 8.42 Å². The average Bonchev–Trinajstić information content (AvgIpc) is 2.97. The second kappa shape index (κ2) is 10.4. The van der Waals surface area contributed by atoms with Gasteiger partial charge in [0.2, 0.25) is 10.0 Å². The van der Waals surface area contributed by atoms with Crippen LogP contribution in [-0.2, 0) is 16.6 Å². The van der Waals surface area contributed by atoms with E-state index < -0.39 is 10.0 Å². The molecule has 1 aliphatic rings. The number of rotatable bonds is 4. The Labute approximate surface area is 231 Å². The lowest BCUT2D eigenvalue weighted by Gasteiger charge is -2.22. The summed E-state index contributed by atoms with van der Waals surface area (Å²) in [4.78, 5) is 14.5. The van der Waals surface area contributed by atoms with Crippen LogP contribution in [0.1, 0.15) is 49.3 Å². The third kappa shape index (κ3) is 5.12. The Morgan fingerprint density at radius 1 is 0.692 bits per heavy atom. The fourth-order valence-electron chi connectivity index (χ4n) is 5.20. The topological polar surface area (TPSA) is 54.5 Å². The lowest BCUT2D eigenvalue weighted by molar-refractivity contribution is 0.105. The van der Waals surface area contributed by atoms with Gasteiger partial charge in [0.15, 0.2) is 5.78 Å². The fraction of sp³-hybridized carbons (Fsp3) is 0.206. The van der Waals surface area contributed by atoms with Crippen molar-refractivity contribution < 1.29 is 13.2 Å². The standard InChI is InChI=1S/C34H33NO3S/c1-22-10-13-28(14-11-22)39(37,38)35-17-16-31(34(36)32-20-25(4)24(3)19-26(32)5)30-15-12-23(2)18-33(30)29-9-7-6-8-27(29)21-35/h6-16,18-20H,17,21H2,1-5H3/b31-16+. The molecule has 1 aliphatic heterocycles. The highest BCUT2D eigenvalue weighted by molar-refractivity contribution is 7.89. The van der Waals surface area contributed by atoms with Gasteiger partial charge < -0.3 is 0 Å². The van der Waals surface area contributed by atoms with E-state index in [0.29, 0.717) is 11.1 Å². The molecule has 0 unspecified atom stereocenters. The first-order valence-electron chi connectivity index (χ1n) is 13.1. The molecule has 0 N–H and O–H groups in total. The van der Waals surface area contributed by atoms with Crippen LogP contribution in [-0.4, -0.2) is 25.1 Å². The number of allylic oxidation sites excluding steroid dienone is 1. The lowest BCUT2D eigenvalue weighted by atomic mass is 9.86. The summed E-state index contributed by atoms with van der Waals surface area (Å²) in [5.41, 5.74) is 9.86. The Morgan fingerprint density at radius 3 is 2.10 bits per heavy atom. The van der Waals surface area contributed by atoms with Crippen molar-refractivity contribution in [3.63, 3.8) is 0 Å². The smallest absolute Gasteiger partial charge is 0.243 e. The maximum atomic E-state index is 14.2. The maximum Gasteiger partial charge on any atom is 0.243 e. The maximum absolute atomic E-state index is 14.2. The van der Waals surface area contributed by atoms with Crippen LogP contribution in [0.25, 0.3) is 16.7 Å². The monoisotopic (exact) mass is 535 g/mol. The summed E-state index contributed by atoms with van der Waals surface area (Å²) in [6.07, 6.45) is 1.79. The number of nitrogens with zero attached hydrogens (tertiary/aromatic N) is 1. The SMILES string of the molecule is Cc1ccc(S(=O)(=O)N2C/C=C(/C(=O)c3cc(C)c(C)cc3C)c3ccc(C)cc3-c3ccccc3C2)cc1. The van der Waals surface area contributed by atoms with E-state index in [1.165, 1.54) is 4.31 Å². The highest BCUT2D eigenvalue weighted by atomic mass is 32.2. The number of aryl methyl sites for hydroxylation is 5. The molecule has 0 bridgehead atoms. The second-order valence-electron chi connectivity index (χ2n) is 10.5. The van der Waals surface area contributed by atoms with Gasteiger partial charge in [0.1, 0.15) is 0 Å². The zero-order valence-corrected chi connectivity index (χ0v) is 23.9. The van der Waals surface area contributed by atoms with Crippen molar-refractivity contribution in [1.82, 2.24) is 4.31 Å². The van der Waals surface area contributed by atoms with E-state index >= 15 is 0 Å². The first-order valence-corrected chi connectivity index (χ1v) is 14.6. The fourth-order valence-corrected chi connectivity index (χ4v) is 6.56. The minimum absolute atomic E-state index is 0.0722. The largest absolute Gasteiger partial charge is 0.289 e. The molecule has 0 fully saturated rings. The van der Waals surface area contributed by atoms with Gasteiger partial charge in [-0.2, -0.15) is 4.31 Å². The Kier molecular flexibility index (Phi) is 7.15. The minimum atomic E-state index is -3.83. The molecule has 5 rings (SSSR count). The highest BCUT2D eigenvalue weighted by Crippen LogP contribution is 2.37. The number of hydrogen-bond acceptors (Lipinski definition) is 3. The van der Waals surface area contributed by atoms with E-state index in [2.05, 4.69) is 6.07 Å². The van der Waals surface area contributed by atoms with Crippen LogP contribution in [0, 0.1) is 34.6 Å². The Bertz CT molecular complexity index is 1730. The Balaban J connectivity index is 1.74. The van der Waals surface area contributed by atoms with E-state index in [1.54, 1.807) is 18.2 Å². The zero-order valence-electron chi connectivity index (χ0n) is 23.1. The molecule has 4 aromatic carbocycles. The molecule has 0 saturated heterocycles. The summed E-state index contributed by atoms with van der Waals surface area (Å²) in [5.74, 6) is -0.104. The van der Waals surface area contributed by atoms with Gasteiger partial charge in [0.25, 0.3) is 0 Å². The van der Waals surface area contributed by atoms with Crippen molar-refractivity contribution in [3.05, 3.63) is 129 Å². The van der Waals surface area contributed by atoms with E-state index in [-0.39, 0.29) is 23.8 Å². The molecule has 0 saturated carbocycles. The molecule has 198 valence electrons. The van der Waals surface area contributed by atoms with Crippen molar-refractivity contribution >= 4 is 21.4 Å². The first kappa shape index (κ1) is 26.8. The zero-order chi connectivity index (χ0) is 27.9. The van der Waals surface area contributed by atoms with Crippen LogP contribution in [0.3, 0.4) is 0 Å². The summed E-state index contributed by atoms with van der Waals surface area (Å²) in [6, 6.07) is 24.9. The van der Waals surface area contributed by atoms with Crippen molar-refractivity contribution in [2.24, 2.45) is 0 Å². The molecule has 0 aromatic heterocycles. The minimum Gasteiger partial charge on any atom is -0.289 e.